The van der Waals surface area contributed by atoms with Crippen LogP contribution in [0.15, 0.2) is 65.1 Å². The van der Waals surface area contributed by atoms with Gasteiger partial charge in [-0.15, -0.1) is 0 Å². The quantitative estimate of drug-likeness (QED) is 0.207. The molecule has 0 spiro atoms. The van der Waals surface area contributed by atoms with Crippen molar-refractivity contribution in [3.05, 3.63) is 98.5 Å². The second-order valence-corrected chi connectivity index (χ2v) is 13.2. The van der Waals surface area contributed by atoms with Gasteiger partial charge in [-0.05, 0) is 103 Å². The van der Waals surface area contributed by atoms with Gasteiger partial charge in [-0.3, -0.25) is 0 Å². The summed E-state index contributed by atoms with van der Waals surface area (Å²) < 4.78 is 1.15. The van der Waals surface area contributed by atoms with E-state index in [1.165, 1.54) is 66.8 Å². The molecular weight excluding hydrogens is 487 g/mol. The van der Waals surface area contributed by atoms with Crippen molar-refractivity contribution in [3.63, 3.8) is 0 Å². The Labute approximate surface area is 218 Å². The van der Waals surface area contributed by atoms with Crippen molar-refractivity contribution in [1.82, 2.24) is 0 Å². The summed E-state index contributed by atoms with van der Waals surface area (Å²) >= 11 is 3.70. The first kappa shape index (κ1) is 21.7. The van der Waals surface area contributed by atoms with Gasteiger partial charge >= 0.3 is 0 Å². The highest BCUT2D eigenvalue weighted by Crippen LogP contribution is 2.59. The van der Waals surface area contributed by atoms with Crippen molar-refractivity contribution in [2.75, 3.05) is 0 Å². The predicted octanol–water partition coefficient (Wildman–Crippen LogP) is 8.16. The molecule has 35 heavy (non-hydrogen) atoms. The first-order valence-electron chi connectivity index (χ1n) is 12.5. The average Bonchev–Trinajstić information content (AvgIpc) is 3.26. The molecule has 0 saturated heterocycles. The Kier molecular flexibility index (Phi) is 3.96. The summed E-state index contributed by atoms with van der Waals surface area (Å²) in [5.74, 6) is 0. The average molecular weight is 515 g/mol. The highest BCUT2D eigenvalue weighted by atomic mass is 79.9. The summed E-state index contributed by atoms with van der Waals surface area (Å²) in [6.45, 7) is 14.2. The first-order chi connectivity index (χ1) is 16.4. The molecule has 0 nitrogen and oxygen atoms in total. The highest BCUT2D eigenvalue weighted by molar-refractivity contribution is 9.10. The normalized spacial score (nSPS) is 18.4. The van der Waals surface area contributed by atoms with Crippen LogP contribution in [0.4, 0.5) is 0 Å². The molecule has 0 N–H and O–H groups in total. The van der Waals surface area contributed by atoms with Crippen molar-refractivity contribution in [2.45, 2.75) is 57.8 Å². The monoisotopic (exact) mass is 514 g/mol. The molecule has 0 aliphatic heterocycles. The zero-order valence-electron chi connectivity index (χ0n) is 21.2. The molecule has 0 saturated carbocycles. The molecule has 2 heteroatoms. The van der Waals surface area contributed by atoms with E-state index in [0.717, 1.165) is 9.94 Å². The van der Waals surface area contributed by atoms with Crippen molar-refractivity contribution in [1.29, 1.82) is 0 Å². The number of fused-ring (bicyclic) bond motifs is 9. The largest absolute Gasteiger partial charge is 0.113 e. The molecule has 0 aromatic heterocycles. The van der Waals surface area contributed by atoms with E-state index in [9.17, 15) is 0 Å². The second kappa shape index (κ2) is 6.40. The van der Waals surface area contributed by atoms with E-state index < -0.39 is 0 Å². The lowest BCUT2D eigenvalue weighted by molar-refractivity contribution is 0.649. The summed E-state index contributed by atoms with van der Waals surface area (Å²) in [5, 5.41) is 0. The Morgan fingerprint density at radius 1 is 0.457 bits per heavy atom. The molecule has 0 atom stereocenters. The van der Waals surface area contributed by atoms with Crippen molar-refractivity contribution in [2.24, 2.45) is 0 Å². The zero-order chi connectivity index (χ0) is 24.7. The van der Waals surface area contributed by atoms with Gasteiger partial charge < -0.3 is 0 Å². The predicted molar refractivity (Wildman–Crippen MR) is 152 cm³/mol. The molecule has 4 aromatic rings. The lowest BCUT2D eigenvalue weighted by atomic mass is 9.78. The maximum atomic E-state index is 6.21. The molecule has 0 unspecified atom stereocenters. The molecule has 2 radical (unpaired) electrons. The summed E-state index contributed by atoms with van der Waals surface area (Å²) in [4.78, 5) is 0. The molecule has 3 aliphatic rings. The summed E-state index contributed by atoms with van der Waals surface area (Å²) in [7, 11) is 6.21. The van der Waals surface area contributed by atoms with Gasteiger partial charge in [-0.1, -0.05) is 87.2 Å². The number of rotatable bonds is 0. The van der Waals surface area contributed by atoms with Crippen molar-refractivity contribution < 1.29 is 0 Å². The zero-order valence-corrected chi connectivity index (χ0v) is 22.8. The third kappa shape index (κ3) is 2.54. The van der Waals surface area contributed by atoms with Crippen LogP contribution in [0.5, 0.6) is 0 Å². The van der Waals surface area contributed by atoms with E-state index in [0.29, 0.717) is 0 Å². The highest BCUT2D eigenvalue weighted by Gasteiger charge is 2.44. The number of hydrogen-bond donors (Lipinski definition) is 0. The lowest BCUT2D eigenvalue weighted by Crippen LogP contribution is -2.18. The maximum Gasteiger partial charge on any atom is 0.113 e. The fourth-order valence-electron chi connectivity index (χ4n) is 7.18. The van der Waals surface area contributed by atoms with Crippen LogP contribution in [0.1, 0.15) is 74.9 Å². The van der Waals surface area contributed by atoms with E-state index in [-0.39, 0.29) is 16.2 Å². The Morgan fingerprint density at radius 2 is 0.800 bits per heavy atom. The minimum atomic E-state index is -0.0690. The minimum Gasteiger partial charge on any atom is -0.0963 e. The Morgan fingerprint density at radius 3 is 1.26 bits per heavy atom. The third-order valence-electron chi connectivity index (χ3n) is 9.25. The van der Waals surface area contributed by atoms with Crippen LogP contribution in [0.25, 0.3) is 33.4 Å². The maximum absolute atomic E-state index is 6.21. The van der Waals surface area contributed by atoms with Crippen LogP contribution >= 0.6 is 15.9 Å². The van der Waals surface area contributed by atoms with Crippen LogP contribution in [-0.2, 0) is 16.2 Å². The van der Waals surface area contributed by atoms with E-state index in [1.807, 2.05) is 6.07 Å². The van der Waals surface area contributed by atoms with Gasteiger partial charge in [0.2, 0.25) is 0 Å². The molecule has 4 aromatic carbocycles. The van der Waals surface area contributed by atoms with E-state index in [1.54, 1.807) is 0 Å². The van der Waals surface area contributed by atoms with Crippen LogP contribution in [0.3, 0.4) is 0 Å². The van der Waals surface area contributed by atoms with Gasteiger partial charge in [0.1, 0.15) is 7.85 Å². The minimum absolute atomic E-state index is 0.0276. The summed E-state index contributed by atoms with van der Waals surface area (Å²) in [6.07, 6.45) is 0. The van der Waals surface area contributed by atoms with E-state index in [2.05, 4.69) is 112 Å². The molecule has 3 aliphatic carbocycles. The van der Waals surface area contributed by atoms with Crippen molar-refractivity contribution in [3.8, 4) is 33.4 Å². The van der Waals surface area contributed by atoms with Crippen LogP contribution < -0.4 is 5.46 Å². The fraction of sp³-hybridized carbons (Fsp3) is 0.273. The van der Waals surface area contributed by atoms with Gasteiger partial charge in [0, 0.05) is 20.7 Å². The van der Waals surface area contributed by atoms with Gasteiger partial charge in [0.05, 0.1) is 0 Å². The smallest absolute Gasteiger partial charge is 0.0963 e. The topological polar surface area (TPSA) is 0 Å². The molecule has 0 bridgehead atoms. The Bertz CT molecular complexity index is 1510. The van der Waals surface area contributed by atoms with Crippen LogP contribution in [-0.4, -0.2) is 7.85 Å². The van der Waals surface area contributed by atoms with Gasteiger partial charge in [0.15, 0.2) is 0 Å². The Hall–Kier alpha value is -2.58. The summed E-state index contributed by atoms with van der Waals surface area (Å²) in [6, 6.07) is 23.2. The van der Waals surface area contributed by atoms with Gasteiger partial charge in [-0.2, -0.15) is 0 Å². The van der Waals surface area contributed by atoms with E-state index >= 15 is 0 Å². The van der Waals surface area contributed by atoms with Crippen LogP contribution in [0, 0.1) is 0 Å². The molecule has 170 valence electrons. The third-order valence-corrected chi connectivity index (χ3v) is 9.74. The van der Waals surface area contributed by atoms with Gasteiger partial charge in [-0.25, -0.2) is 0 Å². The number of halogens is 1. The second-order valence-electron chi connectivity index (χ2n) is 12.3. The summed E-state index contributed by atoms with van der Waals surface area (Å²) in [5.41, 5.74) is 17.4. The van der Waals surface area contributed by atoms with E-state index in [4.69, 9.17) is 7.85 Å². The molecular formula is C33H28BBr. The standard InChI is InChI=1S/C33H28BBr/c1-31(2)25-11-17(34)7-9-19(25)21-13-29-23(15-27(21)31)24-16-28-22(14-30(24)33(29,5)6)20-10-8-18(35)12-26(20)32(28,3)4/h7-16H,1-6H3. The number of hydrogen-bond acceptors (Lipinski definition) is 0. The fourth-order valence-corrected chi connectivity index (χ4v) is 7.54. The Balaban J connectivity index is 1.50. The lowest BCUT2D eigenvalue weighted by Gasteiger charge is -2.25. The number of benzene rings is 4. The molecule has 0 heterocycles. The van der Waals surface area contributed by atoms with Gasteiger partial charge in [0.25, 0.3) is 0 Å². The first-order valence-corrected chi connectivity index (χ1v) is 13.3. The molecule has 0 amide bonds. The van der Waals surface area contributed by atoms with Crippen LogP contribution in [0.2, 0.25) is 0 Å². The molecule has 7 rings (SSSR count). The van der Waals surface area contributed by atoms with Crippen molar-refractivity contribution >= 4 is 29.2 Å². The SMILES string of the molecule is [B]c1ccc2c(c1)C(C)(C)c1cc3c(cc1-2)C(C)(C)c1cc2c(cc1-3)C(C)(C)c1cc(Br)ccc1-2. The molecule has 0 fully saturated rings.